The summed E-state index contributed by atoms with van der Waals surface area (Å²) < 4.78 is 41.0. The van der Waals surface area contributed by atoms with Gasteiger partial charge in [0.05, 0.1) is 23.8 Å². The summed E-state index contributed by atoms with van der Waals surface area (Å²) in [6, 6.07) is 8.53. The van der Waals surface area contributed by atoms with Gasteiger partial charge in [-0.2, -0.15) is 0 Å². The van der Waals surface area contributed by atoms with Crippen LogP contribution in [0.4, 0.5) is 35.0 Å². The quantitative estimate of drug-likeness (QED) is 0.600. The maximum absolute atomic E-state index is 12.4. The van der Waals surface area contributed by atoms with Crippen molar-refractivity contribution in [3.05, 3.63) is 48.8 Å². The molecule has 28 heavy (non-hydrogen) atoms. The molecule has 10 heteroatoms. The molecule has 0 aliphatic carbocycles. The number of rotatable bonds is 5. The van der Waals surface area contributed by atoms with Crippen LogP contribution in [-0.2, 0) is 0 Å². The molecule has 0 unspecified atom stereocenters. The number of aromatic nitrogens is 2. The number of carbonyl (C=O) groups is 1. The van der Waals surface area contributed by atoms with Crippen LogP contribution < -0.4 is 20.7 Å². The molecule has 3 rings (SSSR count). The second-order valence-electron chi connectivity index (χ2n) is 5.68. The van der Waals surface area contributed by atoms with E-state index in [1.165, 1.54) is 30.6 Å². The van der Waals surface area contributed by atoms with Gasteiger partial charge in [-0.3, -0.25) is 0 Å². The van der Waals surface area contributed by atoms with Gasteiger partial charge in [-0.05, 0) is 31.2 Å². The molecular formula is C18H16F3N5O2. The molecule has 0 aliphatic rings. The van der Waals surface area contributed by atoms with Crippen LogP contribution in [0.3, 0.4) is 0 Å². The summed E-state index contributed by atoms with van der Waals surface area (Å²) in [7, 11) is 0. The molecule has 2 heterocycles. The van der Waals surface area contributed by atoms with E-state index in [-0.39, 0.29) is 11.8 Å². The highest BCUT2D eigenvalue weighted by atomic mass is 19.4. The van der Waals surface area contributed by atoms with Gasteiger partial charge in [-0.1, -0.05) is 6.07 Å². The minimum Gasteiger partial charge on any atom is -0.406 e. The molecule has 0 aliphatic heterocycles. The minimum absolute atomic E-state index is 0.332. The van der Waals surface area contributed by atoms with Crippen LogP contribution >= 0.6 is 0 Å². The van der Waals surface area contributed by atoms with E-state index in [0.29, 0.717) is 34.6 Å². The van der Waals surface area contributed by atoms with Gasteiger partial charge in [0.15, 0.2) is 5.65 Å². The van der Waals surface area contributed by atoms with E-state index in [1.54, 1.807) is 25.1 Å². The highest BCUT2D eigenvalue weighted by Gasteiger charge is 2.31. The molecule has 146 valence electrons. The van der Waals surface area contributed by atoms with Gasteiger partial charge in [-0.25, -0.2) is 14.8 Å². The Morgan fingerprint density at radius 3 is 2.50 bits per heavy atom. The molecule has 2 aromatic heterocycles. The second kappa shape index (κ2) is 7.99. The first-order chi connectivity index (χ1) is 13.3. The number of benzene rings is 1. The highest BCUT2D eigenvalue weighted by Crippen LogP contribution is 2.27. The average molecular weight is 391 g/mol. The zero-order chi connectivity index (χ0) is 20.1. The SMILES string of the molecule is CCNC(=O)Nc1cnc2ncc(Nc3cccc(OC(F)(F)F)c3)cc2c1. The molecule has 7 nitrogen and oxygen atoms in total. The summed E-state index contributed by atoms with van der Waals surface area (Å²) >= 11 is 0. The number of halogens is 3. The van der Waals surface area contributed by atoms with Crippen molar-refractivity contribution in [2.45, 2.75) is 13.3 Å². The van der Waals surface area contributed by atoms with E-state index in [2.05, 4.69) is 30.7 Å². The molecule has 2 amide bonds. The molecule has 0 atom stereocenters. The molecule has 0 bridgehead atoms. The Hall–Kier alpha value is -3.56. The van der Waals surface area contributed by atoms with Gasteiger partial charge in [0, 0.05) is 23.7 Å². The molecule has 3 N–H and O–H groups in total. The number of carbonyl (C=O) groups excluding carboxylic acids is 1. The summed E-state index contributed by atoms with van der Waals surface area (Å²) in [6.45, 7) is 2.29. The average Bonchev–Trinajstić information content (AvgIpc) is 2.60. The van der Waals surface area contributed by atoms with Crippen LogP contribution in [0.15, 0.2) is 48.8 Å². The third kappa shape index (κ3) is 5.22. The van der Waals surface area contributed by atoms with Crippen LogP contribution in [0.2, 0.25) is 0 Å². The third-order valence-electron chi connectivity index (χ3n) is 3.48. The molecule has 1 aromatic carbocycles. The van der Waals surface area contributed by atoms with E-state index < -0.39 is 6.36 Å². The van der Waals surface area contributed by atoms with Crippen molar-refractivity contribution in [2.24, 2.45) is 0 Å². The van der Waals surface area contributed by atoms with E-state index in [9.17, 15) is 18.0 Å². The Bertz CT molecular complexity index is 994. The molecule has 3 aromatic rings. The van der Waals surface area contributed by atoms with Crippen LogP contribution in [0.5, 0.6) is 5.75 Å². The standard InChI is InChI=1S/C18H16F3N5O2/c1-2-22-17(27)26-14-7-11-6-13(9-23-16(11)24-10-14)25-12-4-3-5-15(8-12)28-18(19,20)21/h3-10,25H,2H2,1H3,(H2,22,26,27). The van der Waals surface area contributed by atoms with Crippen molar-refractivity contribution >= 4 is 34.1 Å². The predicted molar refractivity (Wildman–Crippen MR) is 98.6 cm³/mol. The number of fused-ring (bicyclic) bond motifs is 1. The summed E-state index contributed by atoms with van der Waals surface area (Å²) in [4.78, 5) is 20.0. The summed E-state index contributed by atoms with van der Waals surface area (Å²) in [5, 5.41) is 8.87. The topological polar surface area (TPSA) is 88.2 Å². The number of hydrogen-bond acceptors (Lipinski definition) is 5. The number of anilines is 3. The van der Waals surface area contributed by atoms with Gasteiger partial charge >= 0.3 is 12.4 Å². The predicted octanol–water partition coefficient (Wildman–Crippen LogP) is 4.41. The fraction of sp³-hybridized carbons (Fsp3) is 0.167. The Kier molecular flexibility index (Phi) is 5.48. The molecule has 0 saturated carbocycles. The summed E-state index contributed by atoms with van der Waals surface area (Å²) in [5.74, 6) is -0.332. The van der Waals surface area contributed by atoms with Crippen LogP contribution in [0, 0.1) is 0 Å². The summed E-state index contributed by atoms with van der Waals surface area (Å²) in [6.07, 6.45) is -1.78. The van der Waals surface area contributed by atoms with Crippen molar-refractivity contribution < 1.29 is 22.7 Å². The van der Waals surface area contributed by atoms with Gasteiger partial charge in [-0.15, -0.1) is 13.2 Å². The first-order valence-electron chi connectivity index (χ1n) is 8.26. The zero-order valence-electron chi connectivity index (χ0n) is 14.7. The normalized spacial score (nSPS) is 11.1. The lowest BCUT2D eigenvalue weighted by molar-refractivity contribution is -0.274. The number of alkyl halides is 3. The van der Waals surface area contributed by atoms with Gasteiger partial charge in [0.1, 0.15) is 5.75 Å². The van der Waals surface area contributed by atoms with Crippen LogP contribution in [0.25, 0.3) is 11.0 Å². The van der Waals surface area contributed by atoms with E-state index in [4.69, 9.17) is 0 Å². The zero-order valence-corrected chi connectivity index (χ0v) is 14.7. The lowest BCUT2D eigenvalue weighted by Gasteiger charge is -2.11. The van der Waals surface area contributed by atoms with Crippen molar-refractivity contribution in [1.82, 2.24) is 15.3 Å². The molecule has 0 radical (unpaired) electrons. The first-order valence-corrected chi connectivity index (χ1v) is 8.26. The third-order valence-corrected chi connectivity index (χ3v) is 3.48. The van der Waals surface area contributed by atoms with Crippen molar-refractivity contribution in [2.75, 3.05) is 17.2 Å². The fourth-order valence-electron chi connectivity index (χ4n) is 2.43. The van der Waals surface area contributed by atoms with Crippen molar-refractivity contribution in [1.29, 1.82) is 0 Å². The molecule has 0 saturated heterocycles. The molecular weight excluding hydrogens is 375 g/mol. The molecule has 0 spiro atoms. The number of nitrogens with zero attached hydrogens (tertiary/aromatic N) is 2. The Morgan fingerprint density at radius 2 is 1.79 bits per heavy atom. The van der Waals surface area contributed by atoms with Gasteiger partial charge in [0.25, 0.3) is 0 Å². The number of nitrogens with one attached hydrogen (secondary N) is 3. The number of amides is 2. The van der Waals surface area contributed by atoms with Crippen LogP contribution in [-0.4, -0.2) is 28.9 Å². The number of urea groups is 1. The van der Waals surface area contributed by atoms with E-state index in [0.717, 1.165) is 0 Å². The second-order valence-corrected chi connectivity index (χ2v) is 5.68. The minimum atomic E-state index is -4.76. The lowest BCUT2D eigenvalue weighted by atomic mass is 10.2. The Morgan fingerprint density at radius 1 is 1.07 bits per heavy atom. The number of hydrogen-bond donors (Lipinski definition) is 3. The monoisotopic (exact) mass is 391 g/mol. The number of ether oxygens (including phenoxy) is 1. The van der Waals surface area contributed by atoms with Crippen LogP contribution in [0.1, 0.15) is 6.92 Å². The summed E-state index contributed by atoms with van der Waals surface area (Å²) in [5.41, 5.74) is 1.88. The highest BCUT2D eigenvalue weighted by molar-refractivity contribution is 5.92. The Balaban J connectivity index is 1.80. The first kappa shape index (κ1) is 19.2. The van der Waals surface area contributed by atoms with Crippen molar-refractivity contribution in [3.63, 3.8) is 0 Å². The van der Waals surface area contributed by atoms with Gasteiger partial charge in [0.2, 0.25) is 0 Å². The largest absolute Gasteiger partial charge is 0.573 e. The molecule has 0 fully saturated rings. The van der Waals surface area contributed by atoms with Gasteiger partial charge < -0.3 is 20.7 Å². The maximum atomic E-state index is 12.4. The van der Waals surface area contributed by atoms with E-state index in [1.807, 2.05) is 0 Å². The number of pyridine rings is 2. The van der Waals surface area contributed by atoms with Crippen molar-refractivity contribution in [3.8, 4) is 5.75 Å². The lowest BCUT2D eigenvalue weighted by Crippen LogP contribution is -2.28. The Labute approximate surface area is 157 Å². The fourth-order valence-corrected chi connectivity index (χ4v) is 2.43. The maximum Gasteiger partial charge on any atom is 0.573 e. The van der Waals surface area contributed by atoms with E-state index >= 15 is 0 Å². The smallest absolute Gasteiger partial charge is 0.406 e.